The molecule has 1 rings (SSSR count). The third-order valence-corrected chi connectivity index (χ3v) is 2.72. The fraction of sp³-hybridized carbons (Fsp3) is 0.300. The van der Waals surface area contributed by atoms with Crippen molar-refractivity contribution < 1.29 is 13.6 Å². The fourth-order valence-electron chi connectivity index (χ4n) is 1.19. The molecule has 0 heterocycles. The number of amides is 1. The van der Waals surface area contributed by atoms with Crippen molar-refractivity contribution in [2.75, 3.05) is 19.3 Å². The number of nitrogens with two attached hydrogens (primary N) is 1. The molecule has 0 atom stereocenters. The number of carbonyl (C=O) groups excluding carboxylic acids is 1. The van der Waals surface area contributed by atoms with Gasteiger partial charge in [0.15, 0.2) is 0 Å². The maximum Gasteiger partial charge on any atom is 0.255 e. The van der Waals surface area contributed by atoms with Crippen molar-refractivity contribution in [1.29, 1.82) is 0 Å². The lowest BCUT2D eigenvalue weighted by Gasteiger charge is -2.16. The van der Waals surface area contributed by atoms with Gasteiger partial charge in [0.05, 0.1) is 6.54 Å². The maximum absolute atomic E-state index is 12.1. The molecular weight excluding hydrogens is 282 g/mol. The van der Waals surface area contributed by atoms with E-state index in [9.17, 15) is 13.6 Å². The second kappa shape index (κ2) is 5.25. The number of halogens is 3. The van der Waals surface area contributed by atoms with Crippen LogP contribution in [-0.2, 0) is 0 Å². The van der Waals surface area contributed by atoms with E-state index in [2.05, 4.69) is 15.9 Å². The van der Waals surface area contributed by atoms with Gasteiger partial charge in [0, 0.05) is 22.8 Å². The van der Waals surface area contributed by atoms with E-state index < -0.39 is 18.9 Å². The van der Waals surface area contributed by atoms with Crippen LogP contribution in [0.15, 0.2) is 22.7 Å². The minimum Gasteiger partial charge on any atom is -0.398 e. The highest BCUT2D eigenvalue weighted by atomic mass is 79.9. The number of hydrogen-bond acceptors (Lipinski definition) is 2. The molecule has 0 aliphatic rings. The first-order chi connectivity index (χ1) is 7.41. The highest BCUT2D eigenvalue weighted by Gasteiger charge is 2.16. The van der Waals surface area contributed by atoms with Crippen LogP contribution >= 0.6 is 15.9 Å². The van der Waals surface area contributed by atoms with Crippen LogP contribution in [0.25, 0.3) is 0 Å². The second-order valence-corrected chi connectivity index (χ2v) is 4.17. The number of rotatable bonds is 3. The van der Waals surface area contributed by atoms with Gasteiger partial charge in [0.25, 0.3) is 12.3 Å². The Morgan fingerprint density at radius 2 is 2.19 bits per heavy atom. The fourth-order valence-corrected chi connectivity index (χ4v) is 1.43. The first-order valence-electron chi connectivity index (χ1n) is 4.50. The van der Waals surface area contributed by atoms with Crippen molar-refractivity contribution in [2.24, 2.45) is 0 Å². The zero-order chi connectivity index (χ0) is 12.3. The van der Waals surface area contributed by atoms with Gasteiger partial charge < -0.3 is 10.6 Å². The van der Waals surface area contributed by atoms with Gasteiger partial charge in [-0.25, -0.2) is 8.78 Å². The SMILES string of the molecule is CN(CC(F)F)C(=O)c1ccc(Br)c(N)c1. The van der Waals surface area contributed by atoms with Crippen molar-refractivity contribution >= 4 is 27.5 Å². The number of anilines is 1. The minimum atomic E-state index is -2.54. The molecular formula is C10H11BrF2N2O. The molecule has 0 aromatic heterocycles. The van der Waals surface area contributed by atoms with Gasteiger partial charge in [-0.15, -0.1) is 0 Å². The topological polar surface area (TPSA) is 46.3 Å². The Morgan fingerprint density at radius 3 is 2.69 bits per heavy atom. The van der Waals surface area contributed by atoms with E-state index >= 15 is 0 Å². The molecule has 0 radical (unpaired) electrons. The highest BCUT2D eigenvalue weighted by Crippen LogP contribution is 2.20. The average molecular weight is 293 g/mol. The first kappa shape index (κ1) is 12.9. The van der Waals surface area contributed by atoms with E-state index in [1.807, 2.05) is 0 Å². The van der Waals surface area contributed by atoms with Gasteiger partial charge in [-0.05, 0) is 34.1 Å². The zero-order valence-corrected chi connectivity index (χ0v) is 10.2. The summed E-state index contributed by atoms with van der Waals surface area (Å²) in [6, 6.07) is 4.60. The smallest absolute Gasteiger partial charge is 0.255 e. The van der Waals surface area contributed by atoms with Crippen LogP contribution in [0.5, 0.6) is 0 Å². The number of hydrogen-bond donors (Lipinski definition) is 1. The van der Waals surface area contributed by atoms with E-state index in [4.69, 9.17) is 5.73 Å². The van der Waals surface area contributed by atoms with Crippen LogP contribution in [0.3, 0.4) is 0 Å². The monoisotopic (exact) mass is 292 g/mol. The number of carbonyl (C=O) groups is 1. The summed E-state index contributed by atoms with van der Waals surface area (Å²) in [4.78, 5) is 12.6. The molecule has 2 N–H and O–H groups in total. The summed E-state index contributed by atoms with van der Waals surface area (Å²) in [5.74, 6) is -0.473. The molecule has 0 fully saturated rings. The Bertz CT molecular complexity index is 398. The summed E-state index contributed by atoms with van der Waals surface area (Å²) in [5.41, 5.74) is 6.29. The Balaban J connectivity index is 2.84. The van der Waals surface area contributed by atoms with Crippen LogP contribution in [-0.4, -0.2) is 30.8 Å². The molecule has 0 saturated heterocycles. The van der Waals surface area contributed by atoms with Crippen LogP contribution in [0.4, 0.5) is 14.5 Å². The third kappa shape index (κ3) is 3.16. The quantitative estimate of drug-likeness (QED) is 0.870. The second-order valence-electron chi connectivity index (χ2n) is 3.31. The molecule has 3 nitrogen and oxygen atoms in total. The van der Waals surface area contributed by atoms with Crippen LogP contribution < -0.4 is 5.73 Å². The maximum atomic E-state index is 12.1. The molecule has 1 aromatic rings. The molecule has 0 bridgehead atoms. The Kier molecular flexibility index (Phi) is 4.23. The number of nitrogens with zero attached hydrogens (tertiary/aromatic N) is 1. The molecule has 1 amide bonds. The van der Waals surface area contributed by atoms with E-state index in [1.165, 1.54) is 19.2 Å². The molecule has 0 spiro atoms. The van der Waals surface area contributed by atoms with Gasteiger partial charge >= 0.3 is 0 Å². The minimum absolute atomic E-state index is 0.295. The van der Waals surface area contributed by atoms with E-state index in [-0.39, 0.29) is 0 Å². The summed E-state index contributed by atoms with van der Waals surface area (Å²) in [7, 11) is 1.33. The van der Waals surface area contributed by atoms with Crippen LogP contribution in [0.2, 0.25) is 0 Å². The molecule has 88 valence electrons. The predicted molar refractivity (Wildman–Crippen MR) is 61.5 cm³/mol. The van der Waals surface area contributed by atoms with Crippen LogP contribution in [0.1, 0.15) is 10.4 Å². The van der Waals surface area contributed by atoms with Crippen molar-refractivity contribution in [2.45, 2.75) is 6.43 Å². The molecule has 16 heavy (non-hydrogen) atoms. The van der Waals surface area contributed by atoms with Crippen molar-refractivity contribution in [3.05, 3.63) is 28.2 Å². The van der Waals surface area contributed by atoms with Crippen LogP contribution in [0, 0.1) is 0 Å². The molecule has 6 heteroatoms. The van der Waals surface area contributed by atoms with Gasteiger partial charge in [0.1, 0.15) is 0 Å². The van der Waals surface area contributed by atoms with E-state index in [0.717, 1.165) is 4.90 Å². The van der Waals surface area contributed by atoms with E-state index in [1.54, 1.807) is 6.07 Å². The lowest BCUT2D eigenvalue weighted by Crippen LogP contribution is -2.31. The zero-order valence-electron chi connectivity index (χ0n) is 8.58. The normalized spacial score (nSPS) is 10.6. The molecule has 0 unspecified atom stereocenters. The number of alkyl halides is 2. The molecule has 1 aromatic carbocycles. The molecule has 0 aliphatic heterocycles. The standard InChI is InChI=1S/C10H11BrF2N2O/c1-15(5-9(12)13)10(16)6-2-3-7(11)8(14)4-6/h2-4,9H,5,14H2,1H3. The highest BCUT2D eigenvalue weighted by molar-refractivity contribution is 9.10. The Labute approximate surface area is 100 Å². The van der Waals surface area contributed by atoms with Crippen molar-refractivity contribution in [3.63, 3.8) is 0 Å². The Morgan fingerprint density at radius 1 is 1.56 bits per heavy atom. The Hall–Kier alpha value is -1.17. The average Bonchev–Trinajstić information content (AvgIpc) is 2.20. The van der Waals surface area contributed by atoms with Gasteiger partial charge in [-0.1, -0.05) is 0 Å². The summed E-state index contributed by atoms with van der Waals surface area (Å²) >= 11 is 3.19. The van der Waals surface area contributed by atoms with Crippen molar-refractivity contribution in [3.8, 4) is 0 Å². The largest absolute Gasteiger partial charge is 0.398 e. The predicted octanol–water partition coefficient (Wildman–Crippen LogP) is 2.37. The lowest BCUT2D eigenvalue weighted by atomic mass is 10.2. The summed E-state index contributed by atoms with van der Waals surface area (Å²) in [6.07, 6.45) is -2.54. The summed E-state index contributed by atoms with van der Waals surface area (Å²) in [5, 5.41) is 0. The van der Waals surface area contributed by atoms with Gasteiger partial charge in [0.2, 0.25) is 0 Å². The third-order valence-electron chi connectivity index (χ3n) is 2.00. The lowest BCUT2D eigenvalue weighted by molar-refractivity contribution is 0.0620. The van der Waals surface area contributed by atoms with Gasteiger partial charge in [-0.2, -0.15) is 0 Å². The number of nitrogen functional groups attached to an aromatic ring is 1. The van der Waals surface area contributed by atoms with Crippen molar-refractivity contribution in [1.82, 2.24) is 4.90 Å². The summed E-state index contributed by atoms with van der Waals surface area (Å²) in [6.45, 7) is -0.588. The molecule has 0 saturated carbocycles. The van der Waals surface area contributed by atoms with E-state index in [0.29, 0.717) is 15.7 Å². The first-order valence-corrected chi connectivity index (χ1v) is 5.29. The molecule has 0 aliphatic carbocycles. The summed E-state index contributed by atoms with van der Waals surface area (Å²) < 4.78 is 24.8. The number of benzene rings is 1. The van der Waals surface area contributed by atoms with Gasteiger partial charge in [-0.3, -0.25) is 4.79 Å².